The van der Waals surface area contributed by atoms with Crippen LogP contribution in [0.3, 0.4) is 0 Å². The standard InChI is InChI=1S/C21H16F3N3O3/c1-12(13-5-4-6-14(9-13)21(22,23)24)26-17(28)10-27-11-25-18-15-7-2-3-8-16(15)30-19(18)20(27)29/h2-9,11-12H,10H2,1H3,(H,26,28). The summed E-state index contributed by atoms with van der Waals surface area (Å²) in [4.78, 5) is 29.3. The van der Waals surface area contributed by atoms with E-state index in [1.165, 1.54) is 18.5 Å². The number of nitrogens with one attached hydrogen (secondary N) is 1. The van der Waals surface area contributed by atoms with Gasteiger partial charge in [0.25, 0.3) is 5.56 Å². The minimum Gasteiger partial charge on any atom is -0.448 e. The van der Waals surface area contributed by atoms with Gasteiger partial charge < -0.3 is 9.73 Å². The van der Waals surface area contributed by atoms with Gasteiger partial charge in [-0.25, -0.2) is 4.98 Å². The lowest BCUT2D eigenvalue weighted by molar-refractivity contribution is -0.137. The molecule has 0 aliphatic rings. The number of carbonyl (C=O) groups is 1. The van der Waals surface area contributed by atoms with Gasteiger partial charge in [-0.1, -0.05) is 24.3 Å². The van der Waals surface area contributed by atoms with Crippen LogP contribution in [0.5, 0.6) is 0 Å². The molecule has 2 heterocycles. The molecule has 0 aliphatic carbocycles. The molecule has 4 aromatic rings. The van der Waals surface area contributed by atoms with E-state index in [0.29, 0.717) is 22.0 Å². The average Bonchev–Trinajstić information content (AvgIpc) is 3.09. The quantitative estimate of drug-likeness (QED) is 0.546. The Morgan fingerprint density at radius 3 is 2.73 bits per heavy atom. The Labute approximate surface area is 167 Å². The number of hydrogen-bond donors (Lipinski definition) is 1. The third-order valence-electron chi connectivity index (χ3n) is 4.76. The van der Waals surface area contributed by atoms with Gasteiger partial charge in [0.1, 0.15) is 17.6 Å². The van der Waals surface area contributed by atoms with Gasteiger partial charge in [0.05, 0.1) is 17.9 Å². The predicted octanol–water partition coefficient (Wildman–Crippen LogP) is 4.04. The van der Waals surface area contributed by atoms with E-state index >= 15 is 0 Å². The minimum atomic E-state index is -4.47. The summed E-state index contributed by atoms with van der Waals surface area (Å²) >= 11 is 0. The molecular formula is C21H16F3N3O3. The molecule has 30 heavy (non-hydrogen) atoms. The first kappa shape index (κ1) is 19.7. The van der Waals surface area contributed by atoms with Gasteiger partial charge in [-0.15, -0.1) is 0 Å². The number of hydrogen-bond acceptors (Lipinski definition) is 4. The first-order chi connectivity index (χ1) is 14.2. The molecule has 0 spiro atoms. The van der Waals surface area contributed by atoms with Crippen molar-refractivity contribution in [3.05, 3.63) is 76.3 Å². The van der Waals surface area contributed by atoms with Crippen LogP contribution in [-0.2, 0) is 17.5 Å². The van der Waals surface area contributed by atoms with E-state index in [1.807, 2.05) is 0 Å². The van der Waals surface area contributed by atoms with Crippen LogP contribution in [0.2, 0.25) is 0 Å². The summed E-state index contributed by atoms with van der Waals surface area (Å²) in [6, 6.07) is 11.1. The Kier molecular flexibility index (Phi) is 4.81. The number of fused-ring (bicyclic) bond motifs is 3. The molecule has 0 fully saturated rings. The lowest BCUT2D eigenvalue weighted by Crippen LogP contribution is -2.33. The number of halogens is 3. The zero-order chi connectivity index (χ0) is 21.5. The topological polar surface area (TPSA) is 77.1 Å². The second-order valence-corrected chi connectivity index (χ2v) is 6.87. The minimum absolute atomic E-state index is 0.0393. The van der Waals surface area contributed by atoms with Gasteiger partial charge in [-0.2, -0.15) is 13.2 Å². The highest BCUT2D eigenvalue weighted by atomic mass is 19.4. The number of nitrogens with zero attached hydrogens (tertiary/aromatic N) is 2. The third kappa shape index (κ3) is 3.66. The number of para-hydroxylation sites is 1. The predicted molar refractivity (Wildman–Crippen MR) is 104 cm³/mol. The molecule has 4 rings (SSSR count). The highest BCUT2D eigenvalue weighted by Crippen LogP contribution is 2.30. The van der Waals surface area contributed by atoms with Crippen molar-refractivity contribution in [1.82, 2.24) is 14.9 Å². The van der Waals surface area contributed by atoms with Crippen molar-refractivity contribution in [3.63, 3.8) is 0 Å². The van der Waals surface area contributed by atoms with Gasteiger partial charge in [-0.05, 0) is 36.8 Å². The fourth-order valence-corrected chi connectivity index (χ4v) is 3.24. The summed E-state index contributed by atoms with van der Waals surface area (Å²) in [6.45, 7) is 1.22. The number of carbonyl (C=O) groups excluding carboxylic acids is 1. The van der Waals surface area contributed by atoms with Crippen LogP contribution in [0.4, 0.5) is 13.2 Å². The normalized spacial score (nSPS) is 12.9. The van der Waals surface area contributed by atoms with E-state index in [4.69, 9.17) is 4.42 Å². The third-order valence-corrected chi connectivity index (χ3v) is 4.76. The van der Waals surface area contributed by atoms with Crippen LogP contribution in [-0.4, -0.2) is 15.5 Å². The maximum Gasteiger partial charge on any atom is 0.416 e. The molecule has 2 aromatic carbocycles. The molecule has 9 heteroatoms. The smallest absolute Gasteiger partial charge is 0.416 e. The summed E-state index contributed by atoms with van der Waals surface area (Å²) in [5.74, 6) is -0.542. The highest BCUT2D eigenvalue weighted by Gasteiger charge is 2.30. The molecule has 0 saturated heterocycles. The molecule has 1 N–H and O–H groups in total. The number of benzene rings is 2. The summed E-state index contributed by atoms with van der Waals surface area (Å²) in [6.07, 6.45) is -3.22. The van der Waals surface area contributed by atoms with Gasteiger partial charge in [0.2, 0.25) is 11.5 Å². The molecule has 1 amide bonds. The van der Waals surface area contributed by atoms with Crippen molar-refractivity contribution in [3.8, 4) is 0 Å². The van der Waals surface area contributed by atoms with Crippen LogP contribution in [0.25, 0.3) is 22.1 Å². The molecule has 0 bridgehead atoms. The van der Waals surface area contributed by atoms with E-state index in [0.717, 1.165) is 16.7 Å². The van der Waals surface area contributed by atoms with E-state index in [1.54, 1.807) is 31.2 Å². The van der Waals surface area contributed by atoms with Crippen LogP contribution in [0.15, 0.2) is 64.1 Å². The first-order valence-corrected chi connectivity index (χ1v) is 9.07. The van der Waals surface area contributed by atoms with Crippen molar-refractivity contribution >= 4 is 28.0 Å². The number of amides is 1. The first-order valence-electron chi connectivity index (χ1n) is 9.07. The van der Waals surface area contributed by atoms with Gasteiger partial charge in [0, 0.05) is 5.39 Å². The summed E-state index contributed by atoms with van der Waals surface area (Å²) in [5, 5.41) is 3.29. The Bertz CT molecular complexity index is 1310. The van der Waals surface area contributed by atoms with E-state index < -0.39 is 29.2 Å². The van der Waals surface area contributed by atoms with Gasteiger partial charge in [0.15, 0.2) is 0 Å². The van der Waals surface area contributed by atoms with Crippen LogP contribution in [0, 0.1) is 0 Å². The molecule has 0 saturated carbocycles. The van der Waals surface area contributed by atoms with Crippen LogP contribution < -0.4 is 10.9 Å². The highest BCUT2D eigenvalue weighted by molar-refractivity contribution is 6.01. The van der Waals surface area contributed by atoms with Gasteiger partial charge in [-0.3, -0.25) is 14.2 Å². The summed E-state index contributed by atoms with van der Waals surface area (Å²) < 4.78 is 45.3. The average molecular weight is 415 g/mol. The van der Waals surface area contributed by atoms with Gasteiger partial charge >= 0.3 is 6.18 Å². The summed E-state index contributed by atoms with van der Waals surface area (Å²) in [5.41, 5.74) is -0.0502. The molecule has 2 aromatic heterocycles. The number of alkyl halides is 3. The van der Waals surface area contributed by atoms with E-state index in [2.05, 4.69) is 10.3 Å². The zero-order valence-electron chi connectivity index (χ0n) is 15.7. The molecule has 0 radical (unpaired) electrons. The molecule has 0 aliphatic heterocycles. The fraction of sp³-hybridized carbons (Fsp3) is 0.190. The monoisotopic (exact) mass is 415 g/mol. The largest absolute Gasteiger partial charge is 0.448 e. The molecule has 154 valence electrons. The van der Waals surface area contributed by atoms with Crippen molar-refractivity contribution < 1.29 is 22.4 Å². The van der Waals surface area contributed by atoms with E-state index in [-0.39, 0.29) is 12.1 Å². The molecule has 1 atom stereocenters. The summed E-state index contributed by atoms with van der Waals surface area (Å²) in [7, 11) is 0. The maximum absolute atomic E-state index is 12.9. The SMILES string of the molecule is CC(NC(=O)Cn1cnc2c(oc3ccccc32)c1=O)c1cccc(C(F)(F)F)c1. The van der Waals surface area contributed by atoms with Crippen molar-refractivity contribution in [2.75, 3.05) is 0 Å². The van der Waals surface area contributed by atoms with Crippen molar-refractivity contribution in [2.45, 2.75) is 25.7 Å². The Balaban J connectivity index is 1.54. The molecule has 1 unspecified atom stereocenters. The fourth-order valence-electron chi connectivity index (χ4n) is 3.24. The van der Waals surface area contributed by atoms with Crippen LogP contribution >= 0.6 is 0 Å². The lowest BCUT2D eigenvalue weighted by atomic mass is 10.0. The molecule has 6 nitrogen and oxygen atoms in total. The maximum atomic E-state index is 12.9. The molecular weight excluding hydrogens is 399 g/mol. The lowest BCUT2D eigenvalue weighted by Gasteiger charge is -2.16. The van der Waals surface area contributed by atoms with E-state index in [9.17, 15) is 22.8 Å². The van der Waals surface area contributed by atoms with Crippen molar-refractivity contribution in [1.29, 1.82) is 0 Å². The second kappa shape index (κ2) is 7.33. The van der Waals surface area contributed by atoms with Crippen molar-refractivity contribution in [2.24, 2.45) is 0 Å². The Hall–Kier alpha value is -3.62. The zero-order valence-corrected chi connectivity index (χ0v) is 15.7. The second-order valence-electron chi connectivity index (χ2n) is 6.87. The number of furan rings is 1. The Morgan fingerprint density at radius 2 is 1.97 bits per heavy atom. The van der Waals surface area contributed by atoms with Crippen LogP contribution in [0.1, 0.15) is 24.1 Å². The Morgan fingerprint density at radius 1 is 1.20 bits per heavy atom. The number of rotatable bonds is 4. The number of aromatic nitrogens is 2.